The van der Waals surface area contributed by atoms with Gasteiger partial charge in [-0.05, 0) is 25.3 Å². The molecule has 3 N–H and O–H groups in total. The number of aliphatic imine (C=N–C) groups is 1. The molecule has 0 radical (unpaired) electrons. The maximum Gasteiger partial charge on any atom is 0.324 e. The van der Waals surface area contributed by atoms with Crippen LogP contribution in [0, 0.1) is 6.92 Å². The number of aryl methyl sites for hydroxylation is 1. The van der Waals surface area contributed by atoms with Gasteiger partial charge in [0.25, 0.3) is 0 Å². The fraction of sp³-hybridized carbons (Fsp3) is 0.550. The molecule has 1 aromatic rings. The summed E-state index contributed by atoms with van der Waals surface area (Å²) in [6, 6.07) is 8.74. The average Bonchev–Trinajstić information content (AvgIpc) is 3.00. The number of amides is 3. The predicted molar refractivity (Wildman–Crippen MR) is 125 cm³/mol. The van der Waals surface area contributed by atoms with Crippen LogP contribution in [0.4, 0.5) is 4.79 Å². The highest BCUT2D eigenvalue weighted by Crippen LogP contribution is 2.14. The van der Waals surface area contributed by atoms with Gasteiger partial charge in [-0.1, -0.05) is 29.8 Å². The second-order valence-electron chi connectivity index (χ2n) is 7.39. The number of nitrogens with zero attached hydrogens (tertiary/aromatic N) is 3. The van der Waals surface area contributed by atoms with Crippen LogP contribution in [0.1, 0.15) is 24.0 Å². The Morgan fingerprint density at radius 2 is 2.03 bits per heavy atom. The highest BCUT2D eigenvalue weighted by molar-refractivity contribution is 14.0. The normalized spacial score (nSPS) is 18.4. The number of carbonyl (C=O) groups excluding carboxylic acids is 2. The Balaban J connectivity index is 0.00000300. The molecule has 2 aliphatic rings. The number of piperidine rings is 1. The van der Waals surface area contributed by atoms with E-state index in [1.807, 2.05) is 0 Å². The zero-order valence-electron chi connectivity index (χ0n) is 17.1. The number of likely N-dealkylation sites (tertiary alicyclic amines) is 1. The highest BCUT2D eigenvalue weighted by atomic mass is 127. The number of guanidine groups is 1. The van der Waals surface area contributed by atoms with Crippen LogP contribution in [0.25, 0.3) is 0 Å². The van der Waals surface area contributed by atoms with E-state index in [0.29, 0.717) is 25.1 Å². The van der Waals surface area contributed by atoms with Gasteiger partial charge in [0, 0.05) is 45.8 Å². The van der Waals surface area contributed by atoms with E-state index < -0.39 is 0 Å². The molecule has 2 fully saturated rings. The average molecular weight is 514 g/mol. The second-order valence-corrected chi connectivity index (χ2v) is 7.39. The summed E-state index contributed by atoms with van der Waals surface area (Å²) in [4.78, 5) is 31.1. The molecule has 0 unspecified atom stereocenters. The van der Waals surface area contributed by atoms with Gasteiger partial charge < -0.3 is 16.0 Å². The van der Waals surface area contributed by atoms with Crippen molar-refractivity contribution >= 4 is 41.9 Å². The summed E-state index contributed by atoms with van der Waals surface area (Å²) in [6.45, 7) is 6.12. The lowest BCUT2D eigenvalue weighted by Gasteiger charge is -2.33. The minimum absolute atomic E-state index is 0. The van der Waals surface area contributed by atoms with Gasteiger partial charge in [0.2, 0.25) is 5.91 Å². The number of benzene rings is 1. The Hall–Kier alpha value is -1.88. The number of halogens is 1. The summed E-state index contributed by atoms with van der Waals surface area (Å²) in [6.07, 6.45) is 2.11. The van der Waals surface area contributed by atoms with Gasteiger partial charge in [-0.3, -0.25) is 19.6 Å². The van der Waals surface area contributed by atoms with E-state index in [0.717, 1.165) is 32.5 Å². The molecule has 1 aromatic carbocycles. The van der Waals surface area contributed by atoms with Crippen molar-refractivity contribution in [3.05, 3.63) is 35.4 Å². The van der Waals surface area contributed by atoms with Crippen LogP contribution in [-0.4, -0.2) is 73.5 Å². The predicted octanol–water partition coefficient (Wildman–Crippen LogP) is 1.29. The first kappa shape index (κ1) is 23.4. The summed E-state index contributed by atoms with van der Waals surface area (Å²) in [5.74, 6) is 0.528. The van der Waals surface area contributed by atoms with Gasteiger partial charge in [0.1, 0.15) is 0 Å². The van der Waals surface area contributed by atoms with Gasteiger partial charge in [-0.25, -0.2) is 4.79 Å². The van der Waals surface area contributed by atoms with Crippen molar-refractivity contribution in [1.82, 2.24) is 25.8 Å². The van der Waals surface area contributed by atoms with Crippen LogP contribution in [-0.2, 0) is 11.3 Å². The van der Waals surface area contributed by atoms with E-state index in [2.05, 4.69) is 57.0 Å². The Labute approximate surface area is 189 Å². The van der Waals surface area contributed by atoms with Crippen LogP contribution in [0.5, 0.6) is 0 Å². The van der Waals surface area contributed by atoms with E-state index >= 15 is 0 Å². The third-order valence-electron chi connectivity index (χ3n) is 5.21. The monoisotopic (exact) mass is 514 g/mol. The second kappa shape index (κ2) is 11.3. The zero-order chi connectivity index (χ0) is 19.9. The van der Waals surface area contributed by atoms with Crippen molar-refractivity contribution < 1.29 is 9.59 Å². The van der Waals surface area contributed by atoms with Crippen molar-refractivity contribution in [2.24, 2.45) is 4.99 Å². The fourth-order valence-corrected chi connectivity index (χ4v) is 3.66. The first-order valence-corrected chi connectivity index (χ1v) is 9.88. The summed E-state index contributed by atoms with van der Waals surface area (Å²) in [5, 5.41) is 9.17. The lowest BCUT2D eigenvalue weighted by atomic mass is 10.0. The van der Waals surface area contributed by atoms with E-state index in [-0.39, 0.29) is 42.5 Å². The largest absolute Gasteiger partial charge is 0.355 e. The molecular formula is C20H31IN6O2. The van der Waals surface area contributed by atoms with Crippen LogP contribution < -0.4 is 16.0 Å². The Morgan fingerprint density at radius 1 is 1.28 bits per heavy atom. The lowest BCUT2D eigenvalue weighted by molar-refractivity contribution is -0.124. The van der Waals surface area contributed by atoms with Crippen molar-refractivity contribution in [1.29, 1.82) is 0 Å². The van der Waals surface area contributed by atoms with Gasteiger partial charge in [0.15, 0.2) is 5.96 Å². The maximum atomic E-state index is 11.6. The molecule has 9 heteroatoms. The smallest absolute Gasteiger partial charge is 0.324 e. The van der Waals surface area contributed by atoms with Crippen LogP contribution in [0.15, 0.2) is 29.3 Å². The number of urea groups is 1. The Bertz CT molecular complexity index is 717. The number of hydrogen-bond acceptors (Lipinski definition) is 4. The zero-order valence-corrected chi connectivity index (χ0v) is 19.4. The molecule has 3 rings (SSSR count). The van der Waals surface area contributed by atoms with Gasteiger partial charge in [0.05, 0.1) is 6.54 Å². The van der Waals surface area contributed by atoms with Crippen molar-refractivity contribution in [2.45, 2.75) is 32.4 Å². The molecule has 3 amide bonds. The Kier molecular flexibility index (Phi) is 9.15. The standard InChI is InChI=1S/C20H30N6O2.HI/c1-15-4-3-5-16(12-15)14-25-9-6-17(7-10-25)24-19(21-2)22-8-11-26-18(27)13-23-20(26)28;/h3-5,12,17H,6-11,13-14H2,1-2H3,(H,23,28)(H2,21,22,24);1H. The van der Waals surface area contributed by atoms with Crippen molar-refractivity contribution in [2.75, 3.05) is 39.8 Å². The molecule has 0 saturated carbocycles. The summed E-state index contributed by atoms with van der Waals surface area (Å²) >= 11 is 0. The molecule has 2 aliphatic heterocycles. The first-order valence-electron chi connectivity index (χ1n) is 9.88. The molecule has 160 valence electrons. The van der Waals surface area contributed by atoms with Crippen molar-refractivity contribution in [3.63, 3.8) is 0 Å². The third-order valence-corrected chi connectivity index (χ3v) is 5.21. The highest BCUT2D eigenvalue weighted by Gasteiger charge is 2.27. The number of rotatable bonds is 6. The maximum absolute atomic E-state index is 11.6. The molecule has 0 spiro atoms. The van der Waals surface area contributed by atoms with Gasteiger partial charge in [-0.15, -0.1) is 24.0 Å². The number of hydrogen-bond donors (Lipinski definition) is 3. The lowest BCUT2D eigenvalue weighted by Crippen LogP contribution is -2.50. The summed E-state index contributed by atoms with van der Waals surface area (Å²) in [7, 11) is 1.73. The summed E-state index contributed by atoms with van der Waals surface area (Å²) in [5.41, 5.74) is 2.67. The van der Waals surface area contributed by atoms with Crippen LogP contribution in [0.2, 0.25) is 0 Å². The van der Waals surface area contributed by atoms with E-state index in [4.69, 9.17) is 0 Å². The SMILES string of the molecule is CN=C(NCCN1C(=O)CNC1=O)NC1CCN(Cc2cccc(C)c2)CC1.I. The van der Waals surface area contributed by atoms with Crippen LogP contribution in [0.3, 0.4) is 0 Å². The molecule has 0 aromatic heterocycles. The first-order chi connectivity index (χ1) is 13.5. The molecule has 8 nitrogen and oxygen atoms in total. The minimum Gasteiger partial charge on any atom is -0.355 e. The third kappa shape index (κ3) is 6.84. The molecule has 0 bridgehead atoms. The van der Waals surface area contributed by atoms with E-state index in [1.54, 1.807) is 7.05 Å². The van der Waals surface area contributed by atoms with Gasteiger partial charge >= 0.3 is 6.03 Å². The summed E-state index contributed by atoms with van der Waals surface area (Å²) < 4.78 is 0. The number of imide groups is 1. The quantitative estimate of drug-likeness (QED) is 0.231. The minimum atomic E-state index is -0.323. The Morgan fingerprint density at radius 3 is 2.66 bits per heavy atom. The fourth-order valence-electron chi connectivity index (χ4n) is 3.66. The molecular weight excluding hydrogens is 483 g/mol. The molecule has 2 heterocycles. The van der Waals surface area contributed by atoms with Gasteiger partial charge in [-0.2, -0.15) is 0 Å². The molecule has 0 atom stereocenters. The van der Waals surface area contributed by atoms with E-state index in [9.17, 15) is 9.59 Å². The van der Waals surface area contributed by atoms with Crippen LogP contribution >= 0.6 is 24.0 Å². The molecule has 2 saturated heterocycles. The topological polar surface area (TPSA) is 89.1 Å². The number of nitrogens with one attached hydrogen (secondary N) is 3. The molecule has 29 heavy (non-hydrogen) atoms. The van der Waals surface area contributed by atoms with E-state index in [1.165, 1.54) is 16.0 Å². The molecule has 0 aliphatic carbocycles. The number of carbonyl (C=O) groups is 2. The van der Waals surface area contributed by atoms with Crippen molar-refractivity contribution in [3.8, 4) is 0 Å².